The number of hydrogen-bond donors (Lipinski definition) is 3. The molecule has 5 rings (SSSR count). The molecule has 5 N–H and O–H groups in total. The Morgan fingerprint density at radius 3 is 2.23 bits per heavy atom. The molecule has 0 bridgehead atoms. The van der Waals surface area contributed by atoms with Gasteiger partial charge in [0, 0.05) is 47.5 Å². The van der Waals surface area contributed by atoms with Crippen LogP contribution in [0.2, 0.25) is 5.15 Å². The lowest BCUT2D eigenvalue weighted by Crippen LogP contribution is -2.49. The summed E-state index contributed by atoms with van der Waals surface area (Å²) in [7, 11) is 0. The van der Waals surface area contributed by atoms with E-state index in [1.54, 1.807) is 6.20 Å². The Morgan fingerprint density at radius 1 is 0.935 bits per heavy atom. The van der Waals surface area contributed by atoms with Gasteiger partial charge < -0.3 is 21.4 Å². The van der Waals surface area contributed by atoms with Crippen molar-refractivity contribution in [3.63, 3.8) is 0 Å². The van der Waals surface area contributed by atoms with Gasteiger partial charge in [0.2, 0.25) is 0 Å². The van der Waals surface area contributed by atoms with Gasteiger partial charge in [-0.25, -0.2) is 9.97 Å². The fourth-order valence-corrected chi connectivity index (χ4v) is 5.60. The van der Waals surface area contributed by atoms with Crippen LogP contribution in [0.4, 0.5) is 5.82 Å². The van der Waals surface area contributed by atoms with Crippen molar-refractivity contribution in [3.05, 3.63) is 41.8 Å². The van der Waals surface area contributed by atoms with Crippen LogP contribution in [0.15, 0.2) is 36.7 Å². The molecule has 0 aliphatic heterocycles. The Hall–Kier alpha value is -2.15. The average Bonchev–Trinajstić information content (AvgIpc) is 3.21. The number of pyridine rings is 2. The van der Waals surface area contributed by atoms with Crippen LogP contribution < -0.4 is 16.4 Å². The number of rotatable bonds is 4. The fraction of sp³-hybridized carbons (Fsp3) is 0.500. The van der Waals surface area contributed by atoms with Gasteiger partial charge in [-0.2, -0.15) is 0 Å². The summed E-state index contributed by atoms with van der Waals surface area (Å²) < 4.78 is 0. The van der Waals surface area contributed by atoms with Crippen molar-refractivity contribution in [2.24, 2.45) is 11.5 Å². The zero-order valence-electron chi connectivity index (χ0n) is 17.8. The third kappa shape index (κ3) is 4.29. The van der Waals surface area contributed by atoms with Crippen LogP contribution in [-0.4, -0.2) is 39.1 Å². The molecule has 6 nitrogen and oxygen atoms in total. The number of fused-ring (bicyclic) bond motifs is 1. The highest BCUT2D eigenvalue weighted by atomic mass is 35.5. The van der Waals surface area contributed by atoms with Crippen LogP contribution in [0.3, 0.4) is 0 Å². The summed E-state index contributed by atoms with van der Waals surface area (Å²) in [6.07, 6.45) is 12.5. The molecular formula is C24H31ClN6. The lowest BCUT2D eigenvalue weighted by molar-refractivity contribution is 0.309. The van der Waals surface area contributed by atoms with Gasteiger partial charge >= 0.3 is 0 Å². The molecule has 7 heteroatoms. The number of H-pyrrole nitrogens is 1. The fourth-order valence-electron chi connectivity index (χ4n) is 5.40. The molecular weight excluding hydrogens is 408 g/mol. The molecule has 0 amide bonds. The first-order valence-electron chi connectivity index (χ1n) is 11.5. The lowest BCUT2D eigenvalue weighted by atomic mass is 9.85. The molecule has 3 aromatic heterocycles. The monoisotopic (exact) mass is 438 g/mol. The molecule has 0 saturated heterocycles. The number of nitrogens with zero attached hydrogens (tertiary/aromatic N) is 3. The van der Waals surface area contributed by atoms with E-state index in [0.717, 1.165) is 79.3 Å². The highest BCUT2D eigenvalue weighted by Gasteiger charge is 2.33. The number of aromatic amines is 1. The molecule has 2 aliphatic carbocycles. The van der Waals surface area contributed by atoms with Gasteiger partial charge in [-0.1, -0.05) is 11.6 Å². The minimum atomic E-state index is 0.319. The second kappa shape index (κ2) is 8.77. The Labute approximate surface area is 188 Å². The van der Waals surface area contributed by atoms with Gasteiger partial charge in [0.1, 0.15) is 16.6 Å². The van der Waals surface area contributed by atoms with E-state index in [9.17, 15) is 0 Å². The number of halogens is 1. The molecule has 0 atom stereocenters. The molecule has 2 fully saturated rings. The van der Waals surface area contributed by atoms with Crippen LogP contribution in [0.5, 0.6) is 0 Å². The molecule has 3 aromatic rings. The molecule has 3 heterocycles. The second-order valence-electron chi connectivity index (χ2n) is 9.18. The van der Waals surface area contributed by atoms with E-state index in [2.05, 4.69) is 27.0 Å². The van der Waals surface area contributed by atoms with Gasteiger partial charge in [0.15, 0.2) is 0 Å². The lowest BCUT2D eigenvalue weighted by Gasteiger charge is -2.44. The molecule has 0 aromatic carbocycles. The Balaban J connectivity index is 1.54. The smallest absolute Gasteiger partial charge is 0.137 e. The maximum absolute atomic E-state index is 6.58. The van der Waals surface area contributed by atoms with Crippen LogP contribution >= 0.6 is 11.6 Å². The van der Waals surface area contributed by atoms with Crippen molar-refractivity contribution in [3.8, 4) is 11.1 Å². The minimum absolute atomic E-state index is 0.319. The average molecular weight is 439 g/mol. The quantitative estimate of drug-likeness (QED) is 0.516. The van der Waals surface area contributed by atoms with Gasteiger partial charge in [-0.15, -0.1) is 0 Å². The van der Waals surface area contributed by atoms with Crippen LogP contribution in [0.25, 0.3) is 22.2 Å². The highest BCUT2D eigenvalue weighted by molar-refractivity contribution is 6.29. The van der Waals surface area contributed by atoms with E-state index in [1.165, 1.54) is 0 Å². The Kier molecular flexibility index (Phi) is 5.87. The largest absolute Gasteiger partial charge is 0.351 e. The SMILES string of the molecule is NC1CCC(N(c2cc(-c3c[nH]c4ncccc34)cc(Cl)n2)C2CCC(N)CC2)CC1. The van der Waals surface area contributed by atoms with Gasteiger partial charge in [0.05, 0.1) is 0 Å². The maximum Gasteiger partial charge on any atom is 0.137 e. The van der Waals surface area contributed by atoms with E-state index in [-0.39, 0.29) is 0 Å². The van der Waals surface area contributed by atoms with Crippen molar-refractivity contribution in [1.29, 1.82) is 0 Å². The van der Waals surface area contributed by atoms with Crippen LogP contribution in [0.1, 0.15) is 51.4 Å². The highest BCUT2D eigenvalue weighted by Crippen LogP contribution is 2.37. The first-order valence-corrected chi connectivity index (χ1v) is 11.9. The number of aromatic nitrogens is 3. The number of nitrogens with one attached hydrogen (secondary N) is 1. The Morgan fingerprint density at radius 2 is 1.58 bits per heavy atom. The van der Waals surface area contributed by atoms with E-state index in [0.29, 0.717) is 29.3 Å². The molecule has 164 valence electrons. The van der Waals surface area contributed by atoms with Crippen molar-refractivity contribution in [1.82, 2.24) is 15.0 Å². The zero-order valence-corrected chi connectivity index (χ0v) is 18.6. The summed E-state index contributed by atoms with van der Waals surface area (Å²) in [5, 5.41) is 1.62. The standard InChI is InChI=1S/C24H31ClN6/c25-22-12-15(21-14-29-24-20(21)2-1-11-28-24)13-23(30-22)31(18-7-3-16(26)4-8-18)19-9-5-17(27)6-10-19/h1-2,11-14,16-19H,3-10,26-27H2,(H,28,29). The predicted molar refractivity (Wildman–Crippen MR) is 127 cm³/mol. The summed E-state index contributed by atoms with van der Waals surface area (Å²) in [6, 6.07) is 9.73. The van der Waals surface area contributed by atoms with Gasteiger partial charge in [-0.05, 0) is 81.2 Å². The van der Waals surface area contributed by atoms with E-state index in [1.807, 2.05) is 18.3 Å². The number of hydrogen-bond acceptors (Lipinski definition) is 5. The first-order chi connectivity index (χ1) is 15.1. The normalized spacial score (nSPS) is 26.8. The van der Waals surface area contributed by atoms with E-state index in [4.69, 9.17) is 28.1 Å². The van der Waals surface area contributed by atoms with Crippen molar-refractivity contribution >= 4 is 28.5 Å². The van der Waals surface area contributed by atoms with E-state index < -0.39 is 0 Å². The molecule has 0 spiro atoms. The summed E-state index contributed by atoms with van der Waals surface area (Å²) in [6.45, 7) is 0. The van der Waals surface area contributed by atoms with E-state index >= 15 is 0 Å². The van der Waals surface area contributed by atoms with Gasteiger partial charge in [0.25, 0.3) is 0 Å². The molecule has 0 radical (unpaired) electrons. The van der Waals surface area contributed by atoms with Gasteiger partial charge in [-0.3, -0.25) is 0 Å². The number of nitrogens with two attached hydrogens (primary N) is 2. The summed E-state index contributed by atoms with van der Waals surface area (Å²) in [5.74, 6) is 0.974. The number of anilines is 1. The van der Waals surface area contributed by atoms with Crippen LogP contribution in [-0.2, 0) is 0 Å². The molecule has 2 saturated carbocycles. The second-order valence-corrected chi connectivity index (χ2v) is 9.57. The third-order valence-corrected chi connectivity index (χ3v) is 7.27. The zero-order chi connectivity index (χ0) is 21.4. The summed E-state index contributed by atoms with van der Waals surface area (Å²) in [5.41, 5.74) is 15.5. The summed E-state index contributed by atoms with van der Waals surface area (Å²) >= 11 is 6.58. The maximum atomic E-state index is 6.58. The Bertz CT molecular complexity index is 1010. The van der Waals surface area contributed by atoms with Crippen molar-refractivity contribution < 1.29 is 0 Å². The third-order valence-electron chi connectivity index (χ3n) is 7.08. The molecule has 2 aliphatic rings. The molecule has 31 heavy (non-hydrogen) atoms. The molecule has 0 unspecified atom stereocenters. The van der Waals surface area contributed by atoms with Crippen molar-refractivity contribution in [2.45, 2.75) is 75.5 Å². The predicted octanol–water partition coefficient (Wildman–Crippen LogP) is 4.62. The van der Waals surface area contributed by atoms with Crippen LogP contribution in [0, 0.1) is 0 Å². The minimum Gasteiger partial charge on any atom is -0.351 e. The van der Waals surface area contributed by atoms with Crippen molar-refractivity contribution in [2.75, 3.05) is 4.90 Å². The topological polar surface area (TPSA) is 96.8 Å². The first kappa shape index (κ1) is 20.7. The summed E-state index contributed by atoms with van der Waals surface area (Å²) in [4.78, 5) is 15.1.